The highest BCUT2D eigenvalue weighted by Crippen LogP contribution is 2.39. The standard InChI is InChI=1S/C28H32FN3O4S/c1-28(2,3)27(34)32-12-10-18-8-9-21(15-22(18)25(32)19-6-5-7-20(29)14-19)36-16-24-31-23(17-37-24)26(33)30-11-13-35-4/h5-9,14-15,17,25H,10-13,16H2,1-4H3,(H,30,33). The van der Waals surface area contributed by atoms with Crippen molar-refractivity contribution >= 4 is 23.2 Å². The Labute approximate surface area is 220 Å². The molecule has 4 rings (SSSR count). The third-order valence-electron chi connectivity index (χ3n) is 6.15. The quantitative estimate of drug-likeness (QED) is 0.429. The smallest absolute Gasteiger partial charge is 0.270 e. The van der Waals surface area contributed by atoms with Gasteiger partial charge in [0.2, 0.25) is 5.91 Å². The van der Waals surface area contributed by atoms with Crippen LogP contribution in [0.25, 0.3) is 0 Å². The van der Waals surface area contributed by atoms with E-state index in [9.17, 15) is 14.0 Å². The summed E-state index contributed by atoms with van der Waals surface area (Å²) in [6.07, 6.45) is 0.706. The third-order valence-corrected chi connectivity index (χ3v) is 6.97. The average molecular weight is 526 g/mol. The van der Waals surface area contributed by atoms with E-state index >= 15 is 0 Å². The fourth-order valence-electron chi connectivity index (χ4n) is 4.35. The van der Waals surface area contributed by atoms with Gasteiger partial charge in [-0.25, -0.2) is 9.37 Å². The van der Waals surface area contributed by atoms with Gasteiger partial charge >= 0.3 is 0 Å². The van der Waals surface area contributed by atoms with Gasteiger partial charge in [0.1, 0.15) is 28.9 Å². The monoisotopic (exact) mass is 525 g/mol. The number of carbonyl (C=O) groups is 2. The Morgan fingerprint density at radius 3 is 2.76 bits per heavy atom. The molecule has 37 heavy (non-hydrogen) atoms. The van der Waals surface area contributed by atoms with Crippen LogP contribution in [0, 0.1) is 11.2 Å². The van der Waals surface area contributed by atoms with Crippen molar-refractivity contribution in [3.8, 4) is 5.75 Å². The van der Waals surface area contributed by atoms with Crippen LogP contribution in [0.15, 0.2) is 47.8 Å². The molecule has 3 aromatic rings. The lowest BCUT2D eigenvalue weighted by molar-refractivity contribution is -0.141. The van der Waals surface area contributed by atoms with Gasteiger partial charge in [-0.15, -0.1) is 11.3 Å². The highest BCUT2D eigenvalue weighted by Gasteiger charge is 2.37. The molecule has 0 bridgehead atoms. The van der Waals surface area contributed by atoms with Crippen LogP contribution in [0.2, 0.25) is 0 Å². The number of rotatable bonds is 8. The second-order valence-corrected chi connectivity index (χ2v) is 10.9. The van der Waals surface area contributed by atoms with E-state index < -0.39 is 11.5 Å². The van der Waals surface area contributed by atoms with E-state index in [2.05, 4.69) is 10.3 Å². The lowest BCUT2D eigenvalue weighted by atomic mass is 9.85. The lowest BCUT2D eigenvalue weighted by Crippen LogP contribution is -2.45. The maximum absolute atomic E-state index is 14.2. The second kappa shape index (κ2) is 11.4. The maximum atomic E-state index is 14.2. The fourth-order valence-corrected chi connectivity index (χ4v) is 5.04. The van der Waals surface area contributed by atoms with Crippen molar-refractivity contribution in [3.63, 3.8) is 0 Å². The van der Waals surface area contributed by atoms with Crippen molar-refractivity contribution in [2.45, 2.75) is 39.8 Å². The first-order valence-corrected chi connectivity index (χ1v) is 13.1. The molecular formula is C28H32FN3O4S. The van der Waals surface area contributed by atoms with E-state index in [1.165, 1.54) is 23.5 Å². The molecule has 2 amide bonds. The van der Waals surface area contributed by atoms with Crippen molar-refractivity contribution in [3.05, 3.63) is 81.1 Å². The van der Waals surface area contributed by atoms with Gasteiger partial charge in [-0.2, -0.15) is 0 Å². The van der Waals surface area contributed by atoms with E-state index in [4.69, 9.17) is 9.47 Å². The Hall–Kier alpha value is -3.30. The average Bonchev–Trinajstić information content (AvgIpc) is 3.35. The molecule has 0 fully saturated rings. The van der Waals surface area contributed by atoms with Crippen molar-refractivity contribution in [1.82, 2.24) is 15.2 Å². The van der Waals surface area contributed by atoms with Gasteiger partial charge in [0.25, 0.3) is 5.91 Å². The van der Waals surface area contributed by atoms with Gasteiger partial charge in [-0.05, 0) is 47.4 Å². The highest BCUT2D eigenvalue weighted by molar-refractivity contribution is 7.09. The number of halogens is 1. The number of methoxy groups -OCH3 is 1. The van der Waals surface area contributed by atoms with Gasteiger partial charge in [-0.3, -0.25) is 9.59 Å². The second-order valence-electron chi connectivity index (χ2n) is 9.98. The predicted molar refractivity (Wildman–Crippen MR) is 140 cm³/mol. The summed E-state index contributed by atoms with van der Waals surface area (Å²) >= 11 is 1.35. The molecule has 7 nitrogen and oxygen atoms in total. The molecule has 0 radical (unpaired) electrons. The van der Waals surface area contributed by atoms with Gasteiger partial charge in [0.15, 0.2) is 0 Å². The predicted octanol–water partition coefficient (Wildman–Crippen LogP) is 4.76. The molecule has 0 saturated heterocycles. The molecule has 0 saturated carbocycles. The summed E-state index contributed by atoms with van der Waals surface area (Å²) in [5, 5.41) is 5.12. The number of hydrogen-bond acceptors (Lipinski definition) is 6. The molecule has 2 aromatic carbocycles. The maximum Gasteiger partial charge on any atom is 0.270 e. The summed E-state index contributed by atoms with van der Waals surface area (Å²) in [7, 11) is 1.57. The van der Waals surface area contributed by atoms with Gasteiger partial charge < -0.3 is 19.7 Å². The van der Waals surface area contributed by atoms with E-state index in [1.54, 1.807) is 18.6 Å². The van der Waals surface area contributed by atoms with E-state index in [-0.39, 0.29) is 24.2 Å². The zero-order valence-corrected chi connectivity index (χ0v) is 22.4. The first-order chi connectivity index (χ1) is 17.7. The Balaban J connectivity index is 1.56. The number of nitrogens with zero attached hydrogens (tertiary/aromatic N) is 2. The van der Waals surface area contributed by atoms with Crippen LogP contribution in [-0.4, -0.2) is 48.5 Å². The largest absolute Gasteiger partial charge is 0.486 e. The lowest BCUT2D eigenvalue weighted by Gasteiger charge is -2.41. The summed E-state index contributed by atoms with van der Waals surface area (Å²) in [5.74, 6) is 0.0326. The highest BCUT2D eigenvalue weighted by atomic mass is 32.1. The summed E-state index contributed by atoms with van der Waals surface area (Å²) < 4.78 is 25.2. The zero-order chi connectivity index (χ0) is 26.6. The molecular weight excluding hydrogens is 493 g/mol. The minimum absolute atomic E-state index is 0.0119. The minimum atomic E-state index is -0.574. The molecule has 0 aliphatic carbocycles. The Kier molecular flexibility index (Phi) is 8.24. The molecule has 2 heterocycles. The number of fused-ring (bicyclic) bond motifs is 1. The summed E-state index contributed by atoms with van der Waals surface area (Å²) in [6, 6.07) is 11.8. The molecule has 9 heteroatoms. The summed E-state index contributed by atoms with van der Waals surface area (Å²) in [5.41, 5.74) is 2.51. The topological polar surface area (TPSA) is 80.8 Å². The van der Waals surface area contributed by atoms with Crippen molar-refractivity contribution in [2.24, 2.45) is 5.41 Å². The van der Waals surface area contributed by atoms with Crippen molar-refractivity contribution < 1.29 is 23.5 Å². The summed E-state index contributed by atoms with van der Waals surface area (Å²) in [6.45, 7) is 7.28. The zero-order valence-electron chi connectivity index (χ0n) is 21.5. The van der Waals surface area contributed by atoms with E-state index in [0.29, 0.717) is 42.6 Å². The van der Waals surface area contributed by atoms with Crippen LogP contribution < -0.4 is 10.1 Å². The van der Waals surface area contributed by atoms with Crippen LogP contribution in [0.5, 0.6) is 5.75 Å². The molecule has 0 spiro atoms. The molecule has 1 aliphatic heterocycles. The van der Waals surface area contributed by atoms with Crippen LogP contribution >= 0.6 is 11.3 Å². The van der Waals surface area contributed by atoms with Crippen LogP contribution in [0.3, 0.4) is 0 Å². The van der Waals surface area contributed by atoms with Crippen LogP contribution in [0.1, 0.15) is 59.0 Å². The first-order valence-electron chi connectivity index (χ1n) is 12.2. The normalized spacial score (nSPS) is 15.3. The van der Waals surface area contributed by atoms with E-state index in [0.717, 1.165) is 16.7 Å². The number of hydrogen-bond donors (Lipinski definition) is 1. The van der Waals surface area contributed by atoms with Gasteiger partial charge in [0.05, 0.1) is 12.6 Å². The number of benzene rings is 2. The molecule has 196 valence electrons. The fraction of sp³-hybridized carbons (Fsp3) is 0.393. The number of ether oxygens (including phenoxy) is 2. The first kappa shape index (κ1) is 26.8. The molecule has 1 aliphatic rings. The molecule has 1 atom stereocenters. The molecule has 1 unspecified atom stereocenters. The minimum Gasteiger partial charge on any atom is -0.486 e. The third kappa shape index (κ3) is 6.34. The Morgan fingerprint density at radius 2 is 2.03 bits per heavy atom. The van der Waals surface area contributed by atoms with Crippen LogP contribution in [0.4, 0.5) is 4.39 Å². The SMILES string of the molecule is COCCNC(=O)c1csc(COc2ccc3c(c2)C(c2cccc(F)c2)N(C(=O)C(C)(C)C)CC3)n1. The van der Waals surface area contributed by atoms with Gasteiger partial charge in [-0.1, -0.05) is 39.0 Å². The Morgan fingerprint density at radius 1 is 1.22 bits per heavy atom. The summed E-state index contributed by atoms with van der Waals surface area (Å²) in [4.78, 5) is 31.8. The Bertz CT molecular complexity index is 1270. The van der Waals surface area contributed by atoms with Crippen molar-refractivity contribution in [2.75, 3.05) is 26.8 Å². The number of thiazole rings is 1. The number of carbonyl (C=O) groups excluding carboxylic acids is 2. The van der Waals surface area contributed by atoms with E-state index in [1.807, 2.05) is 49.9 Å². The number of aromatic nitrogens is 1. The molecule has 1 N–H and O–H groups in total. The number of nitrogens with one attached hydrogen (secondary N) is 1. The number of amides is 2. The van der Waals surface area contributed by atoms with Crippen molar-refractivity contribution in [1.29, 1.82) is 0 Å². The van der Waals surface area contributed by atoms with Crippen LogP contribution in [-0.2, 0) is 22.6 Å². The van der Waals surface area contributed by atoms with Gasteiger partial charge in [0, 0.05) is 31.0 Å². The molecule has 1 aromatic heterocycles.